The van der Waals surface area contributed by atoms with Gasteiger partial charge in [-0.05, 0) is 24.7 Å². The predicted octanol–water partition coefficient (Wildman–Crippen LogP) is -0.505. The average Bonchev–Trinajstić information content (AvgIpc) is 2.18. The molecule has 0 atom stereocenters. The molecule has 0 aliphatic heterocycles. The van der Waals surface area contributed by atoms with E-state index in [-0.39, 0.29) is 42.8 Å². The molecule has 1 aliphatic rings. The average molecular weight is 252 g/mol. The van der Waals surface area contributed by atoms with Gasteiger partial charge < -0.3 is 11.6 Å². The van der Waals surface area contributed by atoms with Gasteiger partial charge in [-0.1, -0.05) is 33.1 Å². The molecule has 0 amide bonds. The molecule has 0 unspecified atom stereocenters. The van der Waals surface area contributed by atoms with Crippen LogP contribution in [-0.4, -0.2) is 22.2 Å². The van der Waals surface area contributed by atoms with Gasteiger partial charge in [0.1, 0.15) is 0 Å². The summed E-state index contributed by atoms with van der Waals surface area (Å²) in [6, 6.07) is 0. The summed E-state index contributed by atoms with van der Waals surface area (Å²) in [5.74, 6) is -2.97. The van der Waals surface area contributed by atoms with Crippen LogP contribution in [0.2, 0.25) is 0 Å². The maximum atomic E-state index is 11.4. The Morgan fingerprint density at radius 3 is 1.82 bits per heavy atom. The number of carbonyl (C=O) groups is 2. The first kappa shape index (κ1) is 16.9. The Balaban J connectivity index is 0. The quantitative estimate of drug-likeness (QED) is 0.522. The van der Waals surface area contributed by atoms with Crippen LogP contribution in [0.1, 0.15) is 47.4 Å². The van der Waals surface area contributed by atoms with Crippen LogP contribution in [0, 0.1) is 17.3 Å². The summed E-state index contributed by atoms with van der Waals surface area (Å²) in [7, 11) is 0. The van der Waals surface area contributed by atoms with Crippen molar-refractivity contribution in [3.8, 4) is 0 Å². The van der Waals surface area contributed by atoms with Crippen LogP contribution >= 0.6 is 0 Å². The topological polar surface area (TPSA) is 74.6 Å². The third kappa shape index (κ3) is 3.04. The van der Waals surface area contributed by atoms with Crippen molar-refractivity contribution in [2.75, 3.05) is 0 Å². The molecule has 0 radical (unpaired) electrons. The van der Waals surface area contributed by atoms with Gasteiger partial charge >= 0.3 is 41.5 Å². The Bertz CT molecular complexity index is 274. The van der Waals surface area contributed by atoms with E-state index < -0.39 is 17.4 Å². The summed E-state index contributed by atoms with van der Waals surface area (Å²) < 4.78 is 0. The summed E-state index contributed by atoms with van der Waals surface area (Å²) in [5.41, 5.74) is -1.60. The van der Waals surface area contributed by atoms with Gasteiger partial charge in [0.25, 0.3) is 0 Å². The number of hydrogen-bond acceptors (Lipinski definition) is 2. The molecular weight excluding hydrogens is 231 g/mol. The van der Waals surface area contributed by atoms with Crippen molar-refractivity contribution >= 4 is 11.9 Å². The summed E-state index contributed by atoms with van der Waals surface area (Å²) in [4.78, 5) is 22.8. The third-order valence-electron chi connectivity index (χ3n) is 3.87. The van der Waals surface area contributed by atoms with Crippen LogP contribution < -0.4 is 29.6 Å². The molecule has 0 aromatic carbocycles. The summed E-state index contributed by atoms with van der Waals surface area (Å²) in [6.07, 6.45) is 4.41. The Labute approximate surface area is 126 Å². The molecule has 0 spiro atoms. The van der Waals surface area contributed by atoms with Gasteiger partial charge in [0.05, 0.1) is 0 Å². The van der Waals surface area contributed by atoms with E-state index in [2.05, 4.69) is 0 Å². The zero-order chi connectivity index (χ0) is 12.3. The molecule has 0 aromatic heterocycles. The van der Waals surface area contributed by atoms with Gasteiger partial charge in [-0.15, -0.1) is 0 Å². The molecule has 1 saturated carbocycles. The van der Waals surface area contributed by atoms with Gasteiger partial charge in [0.15, 0.2) is 5.41 Å². The second-order valence-corrected chi connectivity index (χ2v) is 4.97. The maximum Gasteiger partial charge on any atom is 1.00 e. The molecule has 0 heterocycles. The summed E-state index contributed by atoms with van der Waals surface area (Å²) in [5, 5.41) is 18.7. The van der Waals surface area contributed by atoms with Gasteiger partial charge in [-0.2, -0.15) is 0 Å². The van der Waals surface area contributed by atoms with Crippen molar-refractivity contribution in [3.63, 3.8) is 0 Å². The maximum absolute atomic E-state index is 11.4. The predicted molar refractivity (Wildman–Crippen MR) is 60.2 cm³/mol. The third-order valence-corrected chi connectivity index (χ3v) is 3.87. The Kier molecular flexibility index (Phi) is 6.74. The van der Waals surface area contributed by atoms with Crippen LogP contribution in [-0.2, 0) is 9.59 Å². The van der Waals surface area contributed by atoms with Gasteiger partial charge in [0, 0.05) is 0 Å². The SMILES string of the molecule is CC(C)C(C(=O)O)(C(=O)O)C1CCCCC1.[H-].[Na+]. The second kappa shape index (κ2) is 6.76. The molecule has 17 heavy (non-hydrogen) atoms. The largest absolute Gasteiger partial charge is 1.00 e. The van der Waals surface area contributed by atoms with E-state index in [9.17, 15) is 19.8 Å². The molecule has 1 aliphatic carbocycles. The molecule has 0 aromatic rings. The first-order valence-electron chi connectivity index (χ1n) is 5.90. The number of carboxylic acid groups (broad SMARTS) is 2. The zero-order valence-corrected chi connectivity index (χ0v) is 12.9. The van der Waals surface area contributed by atoms with Crippen molar-refractivity contribution in [1.29, 1.82) is 0 Å². The smallest absolute Gasteiger partial charge is 1.00 e. The van der Waals surface area contributed by atoms with Gasteiger partial charge in [-0.3, -0.25) is 9.59 Å². The minimum absolute atomic E-state index is 0. The fourth-order valence-corrected chi connectivity index (χ4v) is 2.96. The van der Waals surface area contributed by atoms with Crippen molar-refractivity contribution in [2.45, 2.75) is 46.0 Å². The molecule has 0 bridgehead atoms. The molecule has 0 saturated heterocycles. The number of hydrogen-bond donors (Lipinski definition) is 2. The summed E-state index contributed by atoms with van der Waals surface area (Å²) in [6.45, 7) is 3.38. The van der Waals surface area contributed by atoms with Crippen LogP contribution in [0.3, 0.4) is 0 Å². The Hall–Kier alpha value is -0.0600. The van der Waals surface area contributed by atoms with Crippen molar-refractivity contribution in [3.05, 3.63) is 0 Å². The van der Waals surface area contributed by atoms with Crippen LogP contribution in [0.5, 0.6) is 0 Å². The van der Waals surface area contributed by atoms with Crippen LogP contribution in [0.4, 0.5) is 0 Å². The minimum atomic E-state index is -1.60. The van der Waals surface area contributed by atoms with E-state index in [0.29, 0.717) is 0 Å². The normalized spacial score (nSPS) is 17.6. The molecule has 94 valence electrons. The van der Waals surface area contributed by atoms with Crippen molar-refractivity contribution in [2.24, 2.45) is 17.3 Å². The van der Waals surface area contributed by atoms with Crippen LogP contribution in [0.25, 0.3) is 0 Å². The molecule has 4 nitrogen and oxygen atoms in total. The Morgan fingerprint density at radius 1 is 1.12 bits per heavy atom. The Morgan fingerprint density at radius 2 is 1.53 bits per heavy atom. The molecular formula is C12H21NaO4. The second-order valence-electron chi connectivity index (χ2n) is 4.97. The van der Waals surface area contributed by atoms with E-state index in [0.717, 1.165) is 32.1 Å². The zero-order valence-electron chi connectivity index (χ0n) is 11.9. The van der Waals surface area contributed by atoms with Crippen molar-refractivity contribution < 1.29 is 50.8 Å². The number of rotatable bonds is 4. The number of carboxylic acids is 2. The van der Waals surface area contributed by atoms with E-state index in [4.69, 9.17) is 0 Å². The van der Waals surface area contributed by atoms with Crippen LogP contribution in [0.15, 0.2) is 0 Å². The monoisotopic (exact) mass is 252 g/mol. The molecule has 1 fully saturated rings. The molecule has 5 heteroatoms. The minimum Gasteiger partial charge on any atom is -1.00 e. The fraction of sp³-hybridized carbons (Fsp3) is 0.833. The molecule has 1 rings (SSSR count). The molecule has 2 N–H and O–H groups in total. The summed E-state index contributed by atoms with van der Waals surface area (Å²) >= 11 is 0. The van der Waals surface area contributed by atoms with Gasteiger partial charge in [-0.25, -0.2) is 0 Å². The fourth-order valence-electron chi connectivity index (χ4n) is 2.96. The first-order chi connectivity index (χ1) is 7.44. The standard InChI is InChI=1S/C12H20O4.Na.H/c1-8(2)12(10(13)14,11(15)16)9-6-4-3-5-7-9;;/h8-9H,3-7H2,1-2H3,(H,13,14)(H,15,16);;/q;+1;-1. The van der Waals surface area contributed by atoms with E-state index in [1.165, 1.54) is 0 Å². The first-order valence-corrected chi connectivity index (χ1v) is 5.90. The van der Waals surface area contributed by atoms with Crippen molar-refractivity contribution in [1.82, 2.24) is 0 Å². The van der Waals surface area contributed by atoms with Gasteiger partial charge in [0.2, 0.25) is 0 Å². The van der Waals surface area contributed by atoms with E-state index in [1.807, 2.05) is 0 Å². The number of aliphatic carboxylic acids is 2. The van der Waals surface area contributed by atoms with E-state index >= 15 is 0 Å². The van der Waals surface area contributed by atoms with E-state index in [1.54, 1.807) is 13.8 Å².